The van der Waals surface area contributed by atoms with Crippen LogP contribution in [0.1, 0.15) is 24.8 Å². The van der Waals surface area contributed by atoms with E-state index in [1.54, 1.807) is 4.90 Å². The summed E-state index contributed by atoms with van der Waals surface area (Å²) in [6, 6.07) is 0.749. The van der Waals surface area contributed by atoms with Crippen molar-refractivity contribution in [2.75, 3.05) is 22.3 Å². The first-order valence-corrected chi connectivity index (χ1v) is 8.45. The molecule has 134 valence electrons. The van der Waals surface area contributed by atoms with Gasteiger partial charge in [0.25, 0.3) is 0 Å². The molecule has 0 atom stereocenters. The topological polar surface area (TPSA) is 104 Å². The predicted molar refractivity (Wildman–Crippen MR) is 81.1 cm³/mol. The average Bonchev–Trinajstić information content (AvgIpc) is 2.45. The summed E-state index contributed by atoms with van der Waals surface area (Å²) < 4.78 is 70.7. The Morgan fingerprint density at radius 1 is 1.21 bits per heavy atom. The highest BCUT2D eigenvalue weighted by Gasteiger charge is 2.35. The van der Waals surface area contributed by atoms with E-state index in [-0.39, 0.29) is 9.99 Å². The third-order valence-corrected chi connectivity index (χ3v) is 4.49. The highest BCUT2D eigenvalue weighted by Crippen LogP contribution is 2.38. The second kappa shape index (κ2) is 6.48. The Balaban J connectivity index is 2.64. The van der Waals surface area contributed by atoms with Crippen LogP contribution in [0, 0.1) is 0 Å². The van der Waals surface area contributed by atoms with Gasteiger partial charge in [0.05, 0.1) is 16.9 Å². The number of primary amides is 1. The van der Waals surface area contributed by atoms with Gasteiger partial charge in [0.15, 0.2) is 0 Å². The summed E-state index contributed by atoms with van der Waals surface area (Å²) in [5.74, 6) is 0. The van der Waals surface area contributed by atoms with Crippen LogP contribution in [0.15, 0.2) is 18.2 Å². The fourth-order valence-corrected chi connectivity index (χ4v) is 3.24. The van der Waals surface area contributed by atoms with Crippen LogP contribution in [-0.4, -0.2) is 32.1 Å². The minimum Gasteiger partial charge on any atom is -0.370 e. The first kappa shape index (κ1) is 18.3. The summed E-state index contributed by atoms with van der Waals surface area (Å²) in [5.41, 5.74) is 3.26. The van der Waals surface area contributed by atoms with Crippen LogP contribution in [0.3, 0.4) is 0 Å². The van der Waals surface area contributed by atoms with Crippen LogP contribution in [0.25, 0.3) is 0 Å². The van der Waals surface area contributed by atoms with Crippen molar-refractivity contribution >= 4 is 27.7 Å². The Kier molecular flexibility index (Phi) is 4.95. The maximum atomic E-state index is 12.9. The molecule has 1 fully saturated rings. The second-order valence-corrected chi connectivity index (χ2v) is 6.59. The van der Waals surface area contributed by atoms with Gasteiger partial charge in [-0.15, -0.1) is 0 Å². The Morgan fingerprint density at radius 2 is 1.79 bits per heavy atom. The number of benzene rings is 1. The van der Waals surface area contributed by atoms with E-state index in [0.29, 0.717) is 19.2 Å². The van der Waals surface area contributed by atoms with Crippen molar-refractivity contribution in [2.45, 2.75) is 25.4 Å². The van der Waals surface area contributed by atoms with Gasteiger partial charge in [0.2, 0.25) is 0 Å². The van der Waals surface area contributed by atoms with Crippen molar-refractivity contribution in [3.05, 3.63) is 23.8 Å². The van der Waals surface area contributed by atoms with E-state index >= 15 is 0 Å². The van der Waals surface area contributed by atoms with Crippen molar-refractivity contribution in [1.29, 1.82) is 0 Å². The second-order valence-electron chi connectivity index (χ2n) is 5.33. The number of rotatable bonds is 3. The first-order valence-electron chi connectivity index (χ1n) is 7.05. The molecular weight excluding hydrogens is 351 g/mol. The molecule has 0 aromatic heterocycles. The minimum atomic E-state index is -5.18. The number of nitrogens with zero attached hydrogens (tertiary/aromatic N) is 2. The molecule has 7 nitrogen and oxygen atoms in total. The molecule has 3 N–H and O–H groups in total. The third kappa shape index (κ3) is 3.90. The zero-order chi connectivity index (χ0) is 18.1. The summed E-state index contributed by atoms with van der Waals surface area (Å²) in [6.45, 7) is 0.965. The molecule has 1 aromatic rings. The lowest BCUT2D eigenvalue weighted by molar-refractivity contribution is -0.137. The molecule has 2 rings (SSSR count). The SMILES string of the molecule is NC(=O)N(c1cc(C(F)(F)F)ccc1N1CCCCC1)S(=O)(=O)O. The zero-order valence-corrected chi connectivity index (χ0v) is 13.3. The number of alkyl halides is 3. The third-order valence-electron chi connectivity index (χ3n) is 3.65. The Hall–Kier alpha value is -2.01. The summed E-state index contributed by atoms with van der Waals surface area (Å²) in [5, 5.41) is 0. The predicted octanol–water partition coefficient (Wildman–Crippen LogP) is 2.38. The van der Waals surface area contributed by atoms with Crippen molar-refractivity contribution in [2.24, 2.45) is 5.73 Å². The quantitative estimate of drug-likeness (QED) is 0.799. The maximum absolute atomic E-state index is 12.9. The summed E-state index contributed by atoms with van der Waals surface area (Å²) in [4.78, 5) is 13.1. The van der Waals surface area contributed by atoms with Crippen molar-refractivity contribution < 1.29 is 30.9 Å². The van der Waals surface area contributed by atoms with E-state index in [9.17, 15) is 30.9 Å². The van der Waals surface area contributed by atoms with Crippen LogP contribution in [0.2, 0.25) is 0 Å². The molecule has 0 unspecified atom stereocenters. The molecule has 0 spiro atoms. The van der Waals surface area contributed by atoms with Crippen LogP contribution in [0.5, 0.6) is 0 Å². The van der Waals surface area contributed by atoms with E-state index in [4.69, 9.17) is 5.73 Å². The van der Waals surface area contributed by atoms with Gasteiger partial charge in [0, 0.05) is 13.1 Å². The molecule has 2 amide bonds. The molecule has 1 heterocycles. The number of hydrogen-bond donors (Lipinski definition) is 2. The Labute approximate surface area is 136 Å². The summed E-state index contributed by atoms with van der Waals surface area (Å²) >= 11 is 0. The number of carbonyl (C=O) groups excluding carboxylic acids is 1. The number of hydrogen-bond acceptors (Lipinski definition) is 4. The van der Waals surface area contributed by atoms with Crippen LogP contribution in [-0.2, 0) is 16.5 Å². The van der Waals surface area contributed by atoms with Gasteiger partial charge in [0.1, 0.15) is 0 Å². The molecule has 0 radical (unpaired) electrons. The van der Waals surface area contributed by atoms with Crippen molar-refractivity contribution in [3.63, 3.8) is 0 Å². The molecule has 11 heteroatoms. The molecule has 0 saturated carbocycles. The highest BCUT2D eigenvalue weighted by molar-refractivity contribution is 7.88. The van der Waals surface area contributed by atoms with E-state index in [1.807, 2.05) is 0 Å². The number of carbonyl (C=O) groups is 1. The lowest BCUT2D eigenvalue weighted by atomic mass is 10.1. The van der Waals surface area contributed by atoms with Gasteiger partial charge >= 0.3 is 22.5 Å². The highest BCUT2D eigenvalue weighted by atomic mass is 32.2. The van der Waals surface area contributed by atoms with Crippen molar-refractivity contribution in [3.8, 4) is 0 Å². The van der Waals surface area contributed by atoms with Crippen LogP contribution >= 0.6 is 0 Å². The van der Waals surface area contributed by atoms with Gasteiger partial charge in [-0.3, -0.25) is 4.55 Å². The maximum Gasteiger partial charge on any atom is 0.416 e. The smallest absolute Gasteiger partial charge is 0.370 e. The van der Waals surface area contributed by atoms with Crippen LogP contribution in [0.4, 0.5) is 29.3 Å². The summed E-state index contributed by atoms with van der Waals surface area (Å²) in [7, 11) is -5.18. The fraction of sp³-hybridized carbons (Fsp3) is 0.462. The van der Waals surface area contributed by atoms with Crippen molar-refractivity contribution in [1.82, 2.24) is 0 Å². The molecule has 1 saturated heterocycles. The molecular formula is C13H16F3N3O4S. The molecule has 1 aromatic carbocycles. The molecule has 1 aliphatic rings. The van der Waals surface area contributed by atoms with Gasteiger partial charge in [-0.1, -0.05) is 0 Å². The number of amides is 2. The lowest BCUT2D eigenvalue weighted by Gasteiger charge is -2.32. The fourth-order valence-electron chi connectivity index (χ4n) is 2.62. The molecule has 24 heavy (non-hydrogen) atoms. The van der Waals surface area contributed by atoms with Gasteiger partial charge in [-0.25, -0.2) is 4.79 Å². The monoisotopic (exact) mass is 367 g/mol. The van der Waals surface area contributed by atoms with E-state index < -0.39 is 33.8 Å². The normalized spacial score (nSPS) is 16.1. The minimum absolute atomic E-state index is 0.0825. The standard InChI is InChI=1S/C13H16F3N3O4S/c14-13(15,16)9-4-5-10(18-6-2-1-3-7-18)11(8-9)19(12(17)20)24(21,22)23/h4-5,8H,1-3,6-7H2,(H2,17,20)(H,21,22,23). The van der Waals surface area contributed by atoms with Gasteiger partial charge in [-0.2, -0.15) is 25.9 Å². The number of urea groups is 1. The van der Waals surface area contributed by atoms with Gasteiger partial charge < -0.3 is 10.6 Å². The number of anilines is 2. The lowest BCUT2D eigenvalue weighted by Crippen LogP contribution is -2.42. The average molecular weight is 367 g/mol. The molecule has 0 aliphatic carbocycles. The zero-order valence-electron chi connectivity index (χ0n) is 12.5. The molecule has 0 bridgehead atoms. The Morgan fingerprint density at radius 3 is 2.25 bits per heavy atom. The molecule has 1 aliphatic heterocycles. The first-order chi connectivity index (χ1) is 11.0. The van der Waals surface area contributed by atoms with Crippen LogP contribution < -0.4 is 14.9 Å². The number of halogens is 3. The largest absolute Gasteiger partial charge is 0.416 e. The number of nitrogens with two attached hydrogens (primary N) is 1. The van der Waals surface area contributed by atoms with E-state index in [1.165, 1.54) is 0 Å². The van der Waals surface area contributed by atoms with Gasteiger partial charge in [-0.05, 0) is 37.5 Å². The van der Waals surface area contributed by atoms with E-state index in [2.05, 4.69) is 0 Å². The summed E-state index contributed by atoms with van der Waals surface area (Å²) in [6.07, 6.45) is -2.28. The number of piperidine rings is 1. The Bertz CT molecular complexity index is 730. The van der Waals surface area contributed by atoms with E-state index in [0.717, 1.165) is 31.4 Å².